The Morgan fingerprint density at radius 3 is 2.62 bits per heavy atom. The maximum atomic E-state index is 3.59. The average molecular weight is 179 g/mol. The minimum atomic E-state index is 0. The molecule has 0 saturated carbocycles. The van der Waals surface area contributed by atoms with Crippen LogP contribution in [0.15, 0.2) is 48.4 Å². The largest absolute Gasteiger partial charge is 0.365 e. The molecular formula is C12H21N. The Morgan fingerprint density at radius 2 is 2.15 bits per heavy atom. The van der Waals surface area contributed by atoms with E-state index in [0.717, 1.165) is 6.42 Å². The summed E-state index contributed by atoms with van der Waals surface area (Å²) in [4.78, 5) is 0. The predicted molar refractivity (Wildman–Crippen MR) is 62.4 cm³/mol. The lowest BCUT2D eigenvalue weighted by atomic mass is 10.2. The quantitative estimate of drug-likeness (QED) is 0.636. The molecule has 1 heterocycles. The lowest BCUT2D eigenvalue weighted by Gasteiger charge is -1.93. The molecule has 0 spiro atoms. The molecule has 0 aromatic rings. The van der Waals surface area contributed by atoms with Gasteiger partial charge in [0.15, 0.2) is 0 Å². The molecule has 0 atom stereocenters. The predicted octanol–water partition coefficient (Wildman–Crippen LogP) is 3.78. The van der Waals surface area contributed by atoms with E-state index in [-0.39, 0.29) is 1.43 Å². The van der Waals surface area contributed by atoms with Crippen LogP contribution in [0.4, 0.5) is 0 Å². The molecule has 74 valence electrons. The van der Waals surface area contributed by atoms with E-state index in [0.29, 0.717) is 0 Å². The fourth-order valence-electron chi connectivity index (χ4n) is 0.976. The van der Waals surface area contributed by atoms with Crippen LogP contribution in [0.2, 0.25) is 0 Å². The van der Waals surface area contributed by atoms with Gasteiger partial charge in [0.1, 0.15) is 0 Å². The van der Waals surface area contributed by atoms with Crippen molar-refractivity contribution in [1.29, 1.82) is 0 Å². The van der Waals surface area contributed by atoms with Crippen molar-refractivity contribution in [1.82, 2.24) is 5.32 Å². The maximum Gasteiger partial charge on any atom is 0.0188 e. The third-order valence-electron chi connectivity index (χ3n) is 1.52. The van der Waals surface area contributed by atoms with Crippen molar-refractivity contribution in [3.05, 3.63) is 48.4 Å². The summed E-state index contributed by atoms with van der Waals surface area (Å²) in [6.45, 7) is 9.71. The van der Waals surface area contributed by atoms with Crippen LogP contribution in [0.25, 0.3) is 0 Å². The van der Waals surface area contributed by atoms with E-state index in [9.17, 15) is 0 Å². The summed E-state index contributed by atoms with van der Waals surface area (Å²) in [6.07, 6.45) is 10.8. The monoisotopic (exact) mass is 179 g/mol. The second-order valence-corrected chi connectivity index (χ2v) is 2.62. The topological polar surface area (TPSA) is 12.0 Å². The molecule has 0 aromatic heterocycles. The van der Waals surface area contributed by atoms with E-state index in [1.807, 2.05) is 32.2 Å². The second kappa shape index (κ2) is 7.41. The molecular weight excluding hydrogens is 158 g/mol. The second-order valence-electron chi connectivity index (χ2n) is 2.62. The first-order valence-electron chi connectivity index (χ1n) is 4.73. The third-order valence-corrected chi connectivity index (χ3v) is 1.52. The molecule has 0 radical (unpaired) electrons. The third kappa shape index (κ3) is 5.07. The molecule has 1 aliphatic heterocycles. The first kappa shape index (κ1) is 11.8. The fraction of sp³-hybridized carbons (Fsp3) is 0.333. The van der Waals surface area contributed by atoms with Gasteiger partial charge < -0.3 is 5.32 Å². The molecule has 1 rings (SSSR count). The number of hydrogen-bond acceptors (Lipinski definition) is 1. The van der Waals surface area contributed by atoms with Crippen LogP contribution in [-0.2, 0) is 0 Å². The van der Waals surface area contributed by atoms with E-state index in [4.69, 9.17) is 0 Å². The van der Waals surface area contributed by atoms with Gasteiger partial charge in [-0.25, -0.2) is 0 Å². The van der Waals surface area contributed by atoms with Crippen molar-refractivity contribution in [3.63, 3.8) is 0 Å². The number of allylic oxidation sites excluding steroid dienone is 5. The van der Waals surface area contributed by atoms with Gasteiger partial charge in [-0.3, -0.25) is 0 Å². The van der Waals surface area contributed by atoms with Gasteiger partial charge in [0.2, 0.25) is 0 Å². The SMILES string of the molecule is C=C/C=C\C=C1/CC(C)=CN1.CC.[HH]. The van der Waals surface area contributed by atoms with Gasteiger partial charge in [-0.05, 0) is 13.0 Å². The highest BCUT2D eigenvalue weighted by Crippen LogP contribution is 2.13. The van der Waals surface area contributed by atoms with Crippen LogP contribution in [-0.4, -0.2) is 0 Å². The van der Waals surface area contributed by atoms with E-state index in [1.165, 1.54) is 11.3 Å². The van der Waals surface area contributed by atoms with E-state index >= 15 is 0 Å². The van der Waals surface area contributed by atoms with Gasteiger partial charge in [0.05, 0.1) is 0 Å². The molecule has 1 N–H and O–H groups in total. The lowest BCUT2D eigenvalue weighted by molar-refractivity contribution is 1.06. The highest BCUT2D eigenvalue weighted by Gasteiger charge is 2.01. The van der Waals surface area contributed by atoms with Gasteiger partial charge in [-0.15, -0.1) is 0 Å². The van der Waals surface area contributed by atoms with Gasteiger partial charge in [-0.1, -0.05) is 44.2 Å². The van der Waals surface area contributed by atoms with Crippen LogP contribution in [0.1, 0.15) is 28.6 Å². The molecule has 0 aromatic carbocycles. The van der Waals surface area contributed by atoms with Crippen molar-refractivity contribution in [2.45, 2.75) is 27.2 Å². The number of rotatable bonds is 2. The Balaban J connectivity index is 0. The van der Waals surface area contributed by atoms with Crippen molar-refractivity contribution in [2.75, 3.05) is 0 Å². The van der Waals surface area contributed by atoms with Gasteiger partial charge in [0.25, 0.3) is 0 Å². The van der Waals surface area contributed by atoms with Crippen molar-refractivity contribution in [2.24, 2.45) is 0 Å². The molecule has 0 amide bonds. The van der Waals surface area contributed by atoms with Crippen LogP contribution in [0.3, 0.4) is 0 Å². The summed E-state index contributed by atoms with van der Waals surface area (Å²) < 4.78 is 0. The summed E-state index contributed by atoms with van der Waals surface area (Å²) in [6, 6.07) is 0. The minimum absolute atomic E-state index is 0. The van der Waals surface area contributed by atoms with E-state index < -0.39 is 0 Å². The normalized spacial score (nSPS) is 17.8. The van der Waals surface area contributed by atoms with Crippen molar-refractivity contribution >= 4 is 0 Å². The van der Waals surface area contributed by atoms with Crippen LogP contribution in [0, 0.1) is 0 Å². The zero-order valence-electron chi connectivity index (χ0n) is 8.80. The summed E-state index contributed by atoms with van der Waals surface area (Å²) in [5, 5.41) is 3.18. The molecule has 1 aliphatic rings. The smallest absolute Gasteiger partial charge is 0.0188 e. The lowest BCUT2D eigenvalue weighted by Crippen LogP contribution is -1.95. The number of hydrogen-bond donors (Lipinski definition) is 1. The summed E-state index contributed by atoms with van der Waals surface area (Å²) >= 11 is 0. The van der Waals surface area contributed by atoms with Crippen molar-refractivity contribution in [3.8, 4) is 0 Å². The Morgan fingerprint density at radius 1 is 1.46 bits per heavy atom. The highest BCUT2D eigenvalue weighted by molar-refractivity contribution is 5.25. The van der Waals surface area contributed by atoms with Gasteiger partial charge >= 0.3 is 0 Å². The first-order chi connectivity index (χ1) is 6.33. The van der Waals surface area contributed by atoms with Crippen LogP contribution < -0.4 is 5.32 Å². The Bertz CT molecular complexity index is 237. The van der Waals surface area contributed by atoms with Gasteiger partial charge in [-0.2, -0.15) is 0 Å². The number of nitrogens with one attached hydrogen (secondary N) is 1. The Hall–Kier alpha value is -1.24. The molecule has 1 heteroatoms. The standard InChI is InChI=1S/C10H13N.C2H6.H2/c1-3-4-5-6-10-7-9(2)8-11-10;1-2;/h3-6,8,11H,1,7H2,2H3;1-2H3;1H/b5-4-,10-6+;;. The molecule has 13 heavy (non-hydrogen) atoms. The first-order valence-corrected chi connectivity index (χ1v) is 4.73. The molecule has 0 unspecified atom stereocenters. The van der Waals surface area contributed by atoms with Crippen molar-refractivity contribution < 1.29 is 1.43 Å². The fourth-order valence-corrected chi connectivity index (χ4v) is 0.976. The van der Waals surface area contributed by atoms with Crippen LogP contribution >= 0.6 is 0 Å². The summed E-state index contributed by atoms with van der Waals surface area (Å²) in [5.41, 5.74) is 2.63. The van der Waals surface area contributed by atoms with Gasteiger partial charge in [0, 0.05) is 19.7 Å². The molecule has 1 nitrogen and oxygen atoms in total. The average Bonchev–Trinajstić information content (AvgIpc) is 2.56. The zero-order chi connectivity index (χ0) is 10.1. The summed E-state index contributed by atoms with van der Waals surface area (Å²) in [5.74, 6) is 0. The molecule has 0 fully saturated rings. The maximum absolute atomic E-state index is 3.59. The Labute approximate surface area is 83.0 Å². The molecule has 0 bridgehead atoms. The Kier molecular flexibility index (Phi) is 6.70. The van der Waals surface area contributed by atoms with Crippen LogP contribution in [0.5, 0.6) is 0 Å². The van der Waals surface area contributed by atoms with E-state index in [2.05, 4.69) is 24.9 Å². The molecule has 0 saturated heterocycles. The highest BCUT2D eigenvalue weighted by atomic mass is 14.9. The zero-order valence-corrected chi connectivity index (χ0v) is 8.80. The molecule has 0 aliphatic carbocycles. The van der Waals surface area contributed by atoms with E-state index in [1.54, 1.807) is 6.08 Å². The summed E-state index contributed by atoms with van der Waals surface area (Å²) in [7, 11) is 0. The minimum Gasteiger partial charge on any atom is -0.365 e.